The van der Waals surface area contributed by atoms with Gasteiger partial charge >= 0.3 is 0 Å². The largest absolute Gasteiger partial charge is 0.338 e. The van der Waals surface area contributed by atoms with Crippen molar-refractivity contribution in [1.29, 1.82) is 0 Å². The van der Waals surface area contributed by atoms with E-state index in [1.54, 1.807) is 21.9 Å². The number of carbonyl (C=O) groups excluding carboxylic acids is 2. The lowest BCUT2D eigenvalue weighted by atomic mass is 10.1. The maximum absolute atomic E-state index is 13.1. The summed E-state index contributed by atoms with van der Waals surface area (Å²) in [6.07, 6.45) is 1.43. The first-order chi connectivity index (χ1) is 13.9. The summed E-state index contributed by atoms with van der Waals surface area (Å²) in [7, 11) is -3.60. The molecule has 0 aliphatic carbocycles. The Morgan fingerprint density at radius 2 is 1.83 bits per heavy atom. The highest BCUT2D eigenvalue weighted by atomic mass is 35.5. The van der Waals surface area contributed by atoms with Crippen LogP contribution in [0.5, 0.6) is 0 Å². The number of halogens is 1. The van der Waals surface area contributed by atoms with Gasteiger partial charge in [0.25, 0.3) is 15.9 Å². The van der Waals surface area contributed by atoms with Crippen molar-refractivity contribution in [3.05, 3.63) is 38.9 Å². The van der Waals surface area contributed by atoms with E-state index in [1.807, 2.05) is 11.4 Å². The van der Waals surface area contributed by atoms with Gasteiger partial charge in [-0.2, -0.15) is 4.31 Å². The number of carbonyl (C=O) groups is 2. The molecule has 0 unspecified atom stereocenters. The van der Waals surface area contributed by atoms with Crippen molar-refractivity contribution in [3.63, 3.8) is 0 Å². The molecule has 2 fully saturated rings. The first-order valence-corrected chi connectivity index (χ1v) is 12.8. The summed E-state index contributed by atoms with van der Waals surface area (Å²) >= 11 is 8.27. The molecule has 4 heterocycles. The second-order valence-electron chi connectivity index (χ2n) is 6.92. The third-order valence-electron chi connectivity index (χ3n) is 5.22. The lowest BCUT2D eigenvalue weighted by Gasteiger charge is -2.36. The number of likely N-dealkylation sites (tertiary alicyclic amines) is 1. The topological polar surface area (TPSA) is 78.0 Å². The van der Waals surface area contributed by atoms with Crippen LogP contribution in [-0.2, 0) is 14.8 Å². The summed E-state index contributed by atoms with van der Waals surface area (Å²) in [6.45, 7) is 1.66. The van der Waals surface area contributed by atoms with Gasteiger partial charge in [0.05, 0.1) is 9.21 Å². The number of nitrogens with zero attached hydrogens (tertiary/aromatic N) is 3. The molecule has 0 bridgehead atoms. The number of sulfonamides is 1. The fourth-order valence-electron chi connectivity index (χ4n) is 3.73. The van der Waals surface area contributed by atoms with Crippen LogP contribution >= 0.6 is 34.3 Å². The van der Waals surface area contributed by atoms with Crippen molar-refractivity contribution < 1.29 is 18.0 Å². The molecule has 7 nitrogen and oxygen atoms in total. The predicted molar refractivity (Wildman–Crippen MR) is 113 cm³/mol. The van der Waals surface area contributed by atoms with E-state index in [2.05, 4.69) is 0 Å². The lowest BCUT2D eigenvalue weighted by Crippen LogP contribution is -2.55. The molecule has 0 aromatic carbocycles. The lowest BCUT2D eigenvalue weighted by molar-refractivity contribution is -0.136. The standard InChI is InChI=1S/C18H20ClN3O4S3/c19-15-5-6-16(28-15)29(25,26)21-10-8-20(9-11-21)17(23)13-3-1-7-22(13)18(24)14-4-2-12-27-14/h2,4-6,12-13H,1,3,7-11H2/t13-/m1/s1. The summed E-state index contributed by atoms with van der Waals surface area (Å²) in [4.78, 5) is 29.8. The zero-order chi connectivity index (χ0) is 20.6. The van der Waals surface area contributed by atoms with Gasteiger partial charge in [0.15, 0.2) is 0 Å². The van der Waals surface area contributed by atoms with Crippen LogP contribution < -0.4 is 0 Å². The van der Waals surface area contributed by atoms with Crippen molar-refractivity contribution in [1.82, 2.24) is 14.1 Å². The van der Waals surface area contributed by atoms with Gasteiger partial charge in [0.1, 0.15) is 10.3 Å². The van der Waals surface area contributed by atoms with E-state index in [0.29, 0.717) is 35.3 Å². The highest BCUT2D eigenvalue weighted by Gasteiger charge is 2.39. The fraction of sp³-hybridized carbons (Fsp3) is 0.444. The van der Waals surface area contributed by atoms with Crippen LogP contribution in [0.25, 0.3) is 0 Å². The molecule has 0 spiro atoms. The number of piperazine rings is 1. The number of thiophene rings is 2. The van der Waals surface area contributed by atoms with Crippen molar-refractivity contribution in [2.75, 3.05) is 32.7 Å². The molecule has 11 heteroatoms. The van der Waals surface area contributed by atoms with Gasteiger partial charge in [0.2, 0.25) is 5.91 Å². The quantitative estimate of drug-likeness (QED) is 0.683. The van der Waals surface area contributed by atoms with E-state index in [4.69, 9.17) is 11.6 Å². The van der Waals surface area contributed by atoms with E-state index < -0.39 is 16.1 Å². The van der Waals surface area contributed by atoms with Gasteiger partial charge in [-0.3, -0.25) is 9.59 Å². The van der Waals surface area contributed by atoms with Crippen LogP contribution in [-0.4, -0.2) is 73.1 Å². The summed E-state index contributed by atoms with van der Waals surface area (Å²) < 4.78 is 27.5. The molecule has 156 valence electrons. The first kappa shape index (κ1) is 20.8. The molecule has 0 radical (unpaired) electrons. The molecule has 0 N–H and O–H groups in total. The number of hydrogen-bond donors (Lipinski definition) is 0. The SMILES string of the molecule is O=C([C@H]1CCCN1C(=O)c1cccs1)N1CCN(S(=O)(=O)c2ccc(Cl)s2)CC1. The van der Waals surface area contributed by atoms with Gasteiger partial charge in [-0.05, 0) is 36.4 Å². The number of rotatable bonds is 4. The van der Waals surface area contributed by atoms with E-state index in [-0.39, 0.29) is 29.1 Å². The highest BCUT2D eigenvalue weighted by molar-refractivity contribution is 7.91. The van der Waals surface area contributed by atoms with Crippen molar-refractivity contribution in [3.8, 4) is 0 Å². The monoisotopic (exact) mass is 473 g/mol. The van der Waals surface area contributed by atoms with E-state index in [9.17, 15) is 18.0 Å². The van der Waals surface area contributed by atoms with Crippen LogP contribution in [0, 0.1) is 0 Å². The third kappa shape index (κ3) is 4.09. The Hall–Kier alpha value is -1.46. The highest BCUT2D eigenvalue weighted by Crippen LogP contribution is 2.29. The van der Waals surface area contributed by atoms with Crippen LogP contribution in [0.1, 0.15) is 22.5 Å². The molecule has 2 aliphatic heterocycles. The molecule has 2 aliphatic rings. The summed E-state index contributed by atoms with van der Waals surface area (Å²) in [5, 5.41) is 1.85. The minimum absolute atomic E-state index is 0.0939. The summed E-state index contributed by atoms with van der Waals surface area (Å²) in [5.74, 6) is -0.199. The normalized spacial score (nSPS) is 20.9. The summed E-state index contributed by atoms with van der Waals surface area (Å²) in [6, 6.07) is 6.20. The average molecular weight is 474 g/mol. The van der Waals surface area contributed by atoms with Gasteiger partial charge in [-0.1, -0.05) is 17.7 Å². The first-order valence-electron chi connectivity index (χ1n) is 9.26. The molecule has 0 saturated carbocycles. The zero-order valence-electron chi connectivity index (χ0n) is 15.5. The second-order valence-corrected chi connectivity index (χ2v) is 11.7. The van der Waals surface area contributed by atoms with E-state index in [1.165, 1.54) is 21.7 Å². The molecule has 1 atom stereocenters. The molecule has 2 aromatic rings. The second kappa shape index (κ2) is 8.35. The van der Waals surface area contributed by atoms with Gasteiger partial charge < -0.3 is 9.80 Å². The Labute approximate surface area is 182 Å². The van der Waals surface area contributed by atoms with Crippen LogP contribution in [0.4, 0.5) is 0 Å². The van der Waals surface area contributed by atoms with E-state index in [0.717, 1.165) is 17.8 Å². The van der Waals surface area contributed by atoms with Crippen molar-refractivity contribution in [2.45, 2.75) is 23.1 Å². The van der Waals surface area contributed by atoms with Crippen molar-refractivity contribution >= 4 is 56.1 Å². The van der Waals surface area contributed by atoms with Gasteiger partial charge in [-0.25, -0.2) is 8.42 Å². The maximum atomic E-state index is 13.1. The Kier molecular flexibility index (Phi) is 5.99. The van der Waals surface area contributed by atoms with Crippen molar-refractivity contribution in [2.24, 2.45) is 0 Å². The predicted octanol–water partition coefficient (Wildman–Crippen LogP) is 2.60. The smallest absolute Gasteiger partial charge is 0.264 e. The third-order valence-corrected chi connectivity index (χ3v) is 9.68. The van der Waals surface area contributed by atoms with E-state index >= 15 is 0 Å². The molecular formula is C18H20ClN3O4S3. The van der Waals surface area contributed by atoms with Gasteiger partial charge in [0, 0.05) is 32.7 Å². The zero-order valence-corrected chi connectivity index (χ0v) is 18.7. The van der Waals surface area contributed by atoms with Crippen LogP contribution in [0.15, 0.2) is 33.9 Å². The number of hydrogen-bond acceptors (Lipinski definition) is 6. The Morgan fingerprint density at radius 1 is 1.07 bits per heavy atom. The Morgan fingerprint density at radius 3 is 2.45 bits per heavy atom. The maximum Gasteiger partial charge on any atom is 0.264 e. The molecule has 4 rings (SSSR count). The molecule has 2 saturated heterocycles. The Bertz CT molecular complexity index is 997. The summed E-state index contributed by atoms with van der Waals surface area (Å²) in [5.41, 5.74) is 0. The molecule has 2 amide bonds. The minimum atomic E-state index is -3.60. The molecule has 29 heavy (non-hydrogen) atoms. The Balaban J connectivity index is 1.40. The van der Waals surface area contributed by atoms with Crippen LogP contribution in [0.3, 0.4) is 0 Å². The van der Waals surface area contributed by atoms with Crippen LogP contribution in [0.2, 0.25) is 4.34 Å². The molecular weight excluding hydrogens is 454 g/mol. The van der Waals surface area contributed by atoms with Gasteiger partial charge in [-0.15, -0.1) is 22.7 Å². The minimum Gasteiger partial charge on any atom is -0.338 e. The fourth-order valence-corrected chi connectivity index (χ4v) is 7.47. The molecule has 2 aromatic heterocycles. The number of amides is 2. The average Bonchev–Trinajstić information content (AvgIpc) is 3.48.